The molecule has 1 aliphatic heterocycles. The molecule has 1 aliphatic rings. The minimum absolute atomic E-state index is 0.0208. The second kappa shape index (κ2) is 8.66. The number of aryl methyl sites for hydroxylation is 1. The third-order valence-corrected chi connectivity index (χ3v) is 6.72. The van der Waals surface area contributed by atoms with Gasteiger partial charge >= 0.3 is 0 Å². The number of carbonyl (C=O) groups is 1. The van der Waals surface area contributed by atoms with Crippen LogP contribution in [0.25, 0.3) is 0 Å². The second-order valence-electron chi connectivity index (χ2n) is 7.34. The van der Waals surface area contributed by atoms with E-state index in [0.29, 0.717) is 35.8 Å². The van der Waals surface area contributed by atoms with E-state index in [1.165, 1.54) is 5.56 Å². The summed E-state index contributed by atoms with van der Waals surface area (Å²) in [6.07, 6.45) is 1.72. The first-order chi connectivity index (χ1) is 13.8. The van der Waals surface area contributed by atoms with Gasteiger partial charge in [-0.05, 0) is 68.0 Å². The molecule has 1 fully saturated rings. The van der Waals surface area contributed by atoms with Gasteiger partial charge < -0.3 is 4.90 Å². The first-order valence-electron chi connectivity index (χ1n) is 9.73. The van der Waals surface area contributed by atoms with Crippen molar-refractivity contribution in [2.24, 2.45) is 0 Å². The van der Waals surface area contributed by atoms with Gasteiger partial charge in [0.25, 0.3) is 5.91 Å². The van der Waals surface area contributed by atoms with E-state index in [9.17, 15) is 13.2 Å². The number of hydrogen-bond acceptors (Lipinski definition) is 4. The van der Waals surface area contributed by atoms with E-state index in [0.717, 1.165) is 18.4 Å². The van der Waals surface area contributed by atoms with Gasteiger partial charge in [0, 0.05) is 24.3 Å². The maximum atomic E-state index is 13.0. The Morgan fingerprint density at radius 3 is 2.41 bits per heavy atom. The van der Waals surface area contributed by atoms with E-state index in [1.54, 1.807) is 25.1 Å². The maximum Gasteiger partial charge on any atom is 0.254 e. The van der Waals surface area contributed by atoms with Crippen molar-refractivity contribution in [1.29, 1.82) is 5.26 Å². The van der Waals surface area contributed by atoms with Gasteiger partial charge in [-0.1, -0.05) is 18.2 Å². The lowest BCUT2D eigenvalue weighted by molar-refractivity contribution is 0.0712. The number of nitriles is 1. The normalized spacial score (nSPS) is 15.0. The molecule has 152 valence electrons. The van der Waals surface area contributed by atoms with Gasteiger partial charge in [-0.3, -0.25) is 9.52 Å². The first kappa shape index (κ1) is 20.9. The molecule has 1 N–H and O–H groups in total. The number of hydrogen-bond donors (Lipinski definition) is 1. The number of likely N-dealkylation sites (tertiary alicyclic amines) is 1. The van der Waals surface area contributed by atoms with Gasteiger partial charge in [0.2, 0.25) is 10.0 Å². The number of carbonyl (C=O) groups excluding carboxylic acids is 1. The molecule has 6 nitrogen and oxygen atoms in total. The van der Waals surface area contributed by atoms with Gasteiger partial charge in [-0.25, -0.2) is 8.42 Å². The fourth-order valence-electron chi connectivity index (χ4n) is 3.58. The molecule has 1 heterocycles. The van der Waals surface area contributed by atoms with E-state index in [1.807, 2.05) is 36.1 Å². The molecule has 0 bridgehead atoms. The molecule has 0 spiro atoms. The highest BCUT2D eigenvalue weighted by atomic mass is 32.2. The summed E-state index contributed by atoms with van der Waals surface area (Å²) in [6, 6.07) is 14.9. The minimum Gasteiger partial charge on any atom is -0.339 e. The van der Waals surface area contributed by atoms with E-state index >= 15 is 0 Å². The predicted octanol–water partition coefficient (Wildman–Crippen LogP) is 3.65. The van der Waals surface area contributed by atoms with Crippen LogP contribution in [0.4, 0.5) is 5.69 Å². The molecule has 29 heavy (non-hydrogen) atoms. The van der Waals surface area contributed by atoms with Crippen molar-refractivity contribution in [3.05, 3.63) is 64.7 Å². The van der Waals surface area contributed by atoms with Crippen LogP contribution in [0.1, 0.15) is 52.7 Å². The smallest absolute Gasteiger partial charge is 0.254 e. The molecule has 3 rings (SSSR count). The van der Waals surface area contributed by atoms with Crippen molar-refractivity contribution < 1.29 is 13.2 Å². The van der Waals surface area contributed by atoms with Gasteiger partial charge in [0.1, 0.15) is 0 Å². The quantitative estimate of drug-likeness (QED) is 0.813. The zero-order valence-corrected chi connectivity index (χ0v) is 17.5. The van der Waals surface area contributed by atoms with E-state index < -0.39 is 10.0 Å². The number of piperidine rings is 1. The number of nitrogens with zero attached hydrogens (tertiary/aromatic N) is 2. The Labute approximate surface area is 172 Å². The molecule has 0 aromatic heterocycles. The van der Waals surface area contributed by atoms with Gasteiger partial charge in [0.05, 0.1) is 17.4 Å². The summed E-state index contributed by atoms with van der Waals surface area (Å²) in [6.45, 7) is 4.72. The molecule has 2 aromatic carbocycles. The molecular formula is C22H25N3O3S. The minimum atomic E-state index is -3.39. The molecule has 7 heteroatoms. The second-order valence-corrected chi connectivity index (χ2v) is 9.35. The van der Waals surface area contributed by atoms with Crippen LogP contribution >= 0.6 is 0 Å². The lowest BCUT2D eigenvalue weighted by Gasteiger charge is -2.32. The van der Waals surface area contributed by atoms with Gasteiger partial charge in [-0.2, -0.15) is 5.26 Å². The lowest BCUT2D eigenvalue weighted by atomic mass is 9.88. The monoisotopic (exact) mass is 411 g/mol. The average Bonchev–Trinajstić information content (AvgIpc) is 2.74. The SMILES string of the molecule is CCS(=O)(=O)Nc1ccc(C)c(C(=O)N2CCC(c3ccc(C#N)cc3)CC2)c1. The number of anilines is 1. The van der Waals surface area contributed by atoms with Crippen molar-refractivity contribution >= 4 is 21.6 Å². The zero-order chi connectivity index (χ0) is 21.0. The summed E-state index contributed by atoms with van der Waals surface area (Å²) in [4.78, 5) is 14.9. The molecule has 0 aliphatic carbocycles. The Balaban J connectivity index is 1.69. The van der Waals surface area contributed by atoms with Gasteiger partial charge in [-0.15, -0.1) is 0 Å². The standard InChI is InChI=1S/C22H25N3O3S/c1-3-29(27,28)24-20-9-4-16(2)21(14-20)22(26)25-12-10-19(11-13-25)18-7-5-17(15-23)6-8-18/h4-9,14,19,24H,3,10-13H2,1-2H3. The fourth-order valence-corrected chi connectivity index (χ4v) is 4.21. The largest absolute Gasteiger partial charge is 0.339 e. The topological polar surface area (TPSA) is 90.3 Å². The Morgan fingerprint density at radius 1 is 1.17 bits per heavy atom. The van der Waals surface area contributed by atoms with Crippen LogP contribution in [-0.4, -0.2) is 38.1 Å². The molecule has 2 aromatic rings. The molecule has 0 unspecified atom stereocenters. The summed E-state index contributed by atoms with van der Waals surface area (Å²) in [5.41, 5.74) is 3.61. The molecule has 0 saturated carbocycles. The van der Waals surface area contributed by atoms with Crippen molar-refractivity contribution in [3.63, 3.8) is 0 Å². The van der Waals surface area contributed by atoms with Gasteiger partial charge in [0.15, 0.2) is 0 Å². The molecular weight excluding hydrogens is 386 g/mol. The highest BCUT2D eigenvalue weighted by Crippen LogP contribution is 2.29. The van der Waals surface area contributed by atoms with Crippen molar-refractivity contribution in [2.45, 2.75) is 32.6 Å². The van der Waals surface area contributed by atoms with Crippen LogP contribution in [0.15, 0.2) is 42.5 Å². The van der Waals surface area contributed by atoms with E-state index in [2.05, 4.69) is 10.8 Å². The van der Waals surface area contributed by atoms with Crippen molar-refractivity contribution in [1.82, 2.24) is 4.90 Å². The first-order valence-corrected chi connectivity index (χ1v) is 11.4. The summed E-state index contributed by atoms with van der Waals surface area (Å²) >= 11 is 0. The third-order valence-electron chi connectivity index (χ3n) is 5.41. The number of amides is 1. The van der Waals surface area contributed by atoms with Crippen LogP contribution in [0.2, 0.25) is 0 Å². The third kappa shape index (κ3) is 4.96. The van der Waals surface area contributed by atoms with Crippen molar-refractivity contribution in [2.75, 3.05) is 23.6 Å². The summed E-state index contributed by atoms with van der Waals surface area (Å²) in [5.74, 6) is 0.279. The number of rotatable bonds is 5. The van der Waals surface area contributed by atoms with Crippen LogP contribution in [0, 0.1) is 18.3 Å². The fraction of sp³-hybridized carbons (Fsp3) is 0.364. The maximum absolute atomic E-state index is 13.0. The summed E-state index contributed by atoms with van der Waals surface area (Å²) in [5, 5.41) is 8.93. The highest BCUT2D eigenvalue weighted by molar-refractivity contribution is 7.92. The Bertz CT molecular complexity index is 1030. The van der Waals surface area contributed by atoms with Crippen LogP contribution in [0.5, 0.6) is 0 Å². The lowest BCUT2D eigenvalue weighted by Crippen LogP contribution is -2.38. The number of sulfonamides is 1. The molecule has 1 saturated heterocycles. The Morgan fingerprint density at radius 2 is 1.83 bits per heavy atom. The number of benzene rings is 2. The van der Waals surface area contributed by atoms with Crippen LogP contribution < -0.4 is 4.72 Å². The van der Waals surface area contributed by atoms with E-state index in [4.69, 9.17) is 5.26 Å². The van der Waals surface area contributed by atoms with Crippen LogP contribution in [-0.2, 0) is 10.0 Å². The Kier molecular flexibility index (Phi) is 6.23. The molecule has 0 radical (unpaired) electrons. The zero-order valence-electron chi connectivity index (χ0n) is 16.7. The van der Waals surface area contributed by atoms with Crippen molar-refractivity contribution in [3.8, 4) is 6.07 Å². The number of nitrogens with one attached hydrogen (secondary N) is 1. The van der Waals surface area contributed by atoms with Crippen LogP contribution in [0.3, 0.4) is 0 Å². The predicted molar refractivity (Wildman–Crippen MR) is 113 cm³/mol. The molecule has 1 amide bonds. The Hall–Kier alpha value is -2.85. The molecule has 0 atom stereocenters. The summed E-state index contributed by atoms with van der Waals surface area (Å²) < 4.78 is 26.2. The summed E-state index contributed by atoms with van der Waals surface area (Å²) in [7, 11) is -3.39. The highest BCUT2D eigenvalue weighted by Gasteiger charge is 2.25. The average molecular weight is 412 g/mol. The van der Waals surface area contributed by atoms with E-state index in [-0.39, 0.29) is 11.7 Å².